The highest BCUT2D eigenvalue weighted by Gasteiger charge is 2.39. The second-order valence-corrected chi connectivity index (χ2v) is 8.29. The van der Waals surface area contributed by atoms with Gasteiger partial charge in [-0.05, 0) is 85.7 Å². The number of piperidine rings is 1. The molecule has 2 unspecified atom stereocenters. The number of nitrogens with one attached hydrogen (secondary N) is 1. The number of rotatable bonds is 3. The molecule has 3 rings (SSSR count). The first kappa shape index (κ1) is 15.6. The lowest BCUT2D eigenvalue weighted by Gasteiger charge is -2.49. The summed E-state index contributed by atoms with van der Waals surface area (Å²) in [7, 11) is 0. The lowest BCUT2D eigenvalue weighted by molar-refractivity contribution is 0.0518. The Morgan fingerprint density at radius 3 is 2.43 bits per heavy atom. The number of nitrogens with zero attached hydrogens (tertiary/aromatic N) is 1. The molecule has 0 spiro atoms. The molecule has 1 saturated heterocycles. The second-order valence-electron chi connectivity index (χ2n) is 7.13. The Balaban J connectivity index is 1.74. The van der Waals surface area contributed by atoms with E-state index >= 15 is 0 Å². The maximum atomic E-state index is 3.88. The van der Waals surface area contributed by atoms with Gasteiger partial charge in [-0.2, -0.15) is 0 Å². The zero-order chi connectivity index (χ0) is 15.0. The SMILES string of the molecule is Cc1ccc(NC2C3CCCC2CN(C(C)C)C3)cc1I. The van der Waals surface area contributed by atoms with Crippen molar-refractivity contribution in [2.24, 2.45) is 11.8 Å². The van der Waals surface area contributed by atoms with E-state index in [4.69, 9.17) is 0 Å². The first-order valence-corrected chi connectivity index (χ1v) is 9.39. The monoisotopic (exact) mass is 398 g/mol. The number of likely N-dealkylation sites (tertiary alicyclic amines) is 1. The molecule has 2 atom stereocenters. The smallest absolute Gasteiger partial charge is 0.0353 e. The lowest BCUT2D eigenvalue weighted by atomic mass is 9.73. The van der Waals surface area contributed by atoms with Crippen LogP contribution in [0.5, 0.6) is 0 Å². The molecule has 2 aliphatic rings. The van der Waals surface area contributed by atoms with Crippen molar-refractivity contribution in [3.63, 3.8) is 0 Å². The van der Waals surface area contributed by atoms with Gasteiger partial charge in [-0.25, -0.2) is 0 Å². The average Bonchev–Trinajstić information content (AvgIpc) is 2.42. The standard InChI is InChI=1S/C18H27IN2/c1-12(2)21-10-14-5-4-6-15(11-21)18(14)20-16-8-7-13(3)17(19)9-16/h7-9,12,14-15,18,20H,4-6,10-11H2,1-3H3. The van der Waals surface area contributed by atoms with Crippen molar-refractivity contribution < 1.29 is 0 Å². The third-order valence-electron chi connectivity index (χ3n) is 5.34. The molecular weight excluding hydrogens is 371 g/mol. The molecule has 1 aromatic rings. The molecular formula is C18H27IN2. The number of fused-ring (bicyclic) bond motifs is 2. The summed E-state index contributed by atoms with van der Waals surface area (Å²) in [5, 5.41) is 3.88. The fraction of sp³-hybridized carbons (Fsp3) is 0.667. The number of halogens is 1. The van der Waals surface area contributed by atoms with Gasteiger partial charge in [0, 0.05) is 34.4 Å². The summed E-state index contributed by atoms with van der Waals surface area (Å²) in [6.45, 7) is 9.41. The summed E-state index contributed by atoms with van der Waals surface area (Å²) in [4.78, 5) is 2.69. The normalized spacial score (nSPS) is 29.7. The van der Waals surface area contributed by atoms with Gasteiger partial charge in [0.25, 0.3) is 0 Å². The highest BCUT2D eigenvalue weighted by molar-refractivity contribution is 14.1. The quantitative estimate of drug-likeness (QED) is 0.754. The Kier molecular flexibility index (Phi) is 4.79. The van der Waals surface area contributed by atoms with Crippen LogP contribution in [-0.2, 0) is 0 Å². The molecule has 116 valence electrons. The van der Waals surface area contributed by atoms with Gasteiger partial charge in [-0.3, -0.25) is 0 Å². The van der Waals surface area contributed by atoms with Gasteiger partial charge in [-0.15, -0.1) is 0 Å². The molecule has 0 radical (unpaired) electrons. The van der Waals surface area contributed by atoms with Crippen LogP contribution < -0.4 is 5.32 Å². The highest BCUT2D eigenvalue weighted by Crippen LogP contribution is 2.37. The Bertz CT molecular complexity index is 486. The van der Waals surface area contributed by atoms with Gasteiger partial charge in [0.1, 0.15) is 0 Å². The van der Waals surface area contributed by atoms with Gasteiger partial charge >= 0.3 is 0 Å². The summed E-state index contributed by atoms with van der Waals surface area (Å²) in [5.41, 5.74) is 2.68. The number of hydrogen-bond donors (Lipinski definition) is 1. The maximum absolute atomic E-state index is 3.88. The molecule has 1 saturated carbocycles. The summed E-state index contributed by atoms with van der Waals surface area (Å²) in [6.07, 6.45) is 4.20. The summed E-state index contributed by atoms with van der Waals surface area (Å²) < 4.78 is 1.36. The Hall–Kier alpha value is -0.290. The van der Waals surface area contributed by atoms with Gasteiger partial charge in [-0.1, -0.05) is 12.5 Å². The molecule has 2 nitrogen and oxygen atoms in total. The minimum atomic E-state index is 0.673. The van der Waals surface area contributed by atoms with Crippen LogP contribution >= 0.6 is 22.6 Å². The van der Waals surface area contributed by atoms with Crippen molar-refractivity contribution in [2.75, 3.05) is 18.4 Å². The van der Waals surface area contributed by atoms with Crippen LogP contribution in [0.3, 0.4) is 0 Å². The molecule has 21 heavy (non-hydrogen) atoms. The van der Waals surface area contributed by atoms with E-state index in [-0.39, 0.29) is 0 Å². The maximum Gasteiger partial charge on any atom is 0.0353 e. The van der Waals surface area contributed by atoms with E-state index in [1.165, 1.54) is 47.2 Å². The molecule has 3 heteroatoms. The van der Waals surface area contributed by atoms with Crippen molar-refractivity contribution in [2.45, 2.75) is 52.1 Å². The van der Waals surface area contributed by atoms with Crippen molar-refractivity contribution in [3.8, 4) is 0 Å². The van der Waals surface area contributed by atoms with Crippen LogP contribution in [0.1, 0.15) is 38.7 Å². The second kappa shape index (κ2) is 6.45. The minimum absolute atomic E-state index is 0.673. The first-order valence-electron chi connectivity index (χ1n) is 8.31. The molecule has 0 aromatic heterocycles. The lowest BCUT2D eigenvalue weighted by Crippen LogP contribution is -2.56. The van der Waals surface area contributed by atoms with Crippen molar-refractivity contribution >= 4 is 28.3 Å². The van der Waals surface area contributed by atoms with Crippen LogP contribution in [0.4, 0.5) is 5.69 Å². The topological polar surface area (TPSA) is 15.3 Å². The van der Waals surface area contributed by atoms with Gasteiger partial charge in [0.05, 0.1) is 0 Å². The first-order chi connectivity index (χ1) is 10.0. The Labute approximate surface area is 142 Å². The van der Waals surface area contributed by atoms with E-state index in [9.17, 15) is 0 Å². The van der Waals surface area contributed by atoms with Crippen molar-refractivity contribution in [1.29, 1.82) is 0 Å². The molecule has 1 N–H and O–H groups in total. The van der Waals surface area contributed by atoms with E-state index in [1.807, 2.05) is 0 Å². The molecule has 2 fully saturated rings. The predicted molar refractivity (Wildman–Crippen MR) is 98.8 cm³/mol. The van der Waals surface area contributed by atoms with Crippen LogP contribution in [0.25, 0.3) is 0 Å². The summed E-state index contributed by atoms with van der Waals surface area (Å²) in [5.74, 6) is 1.64. The van der Waals surface area contributed by atoms with E-state index in [0.29, 0.717) is 12.1 Å². The molecule has 1 aromatic carbocycles. The Morgan fingerprint density at radius 1 is 1.19 bits per heavy atom. The van der Waals surface area contributed by atoms with Crippen LogP contribution in [-0.4, -0.2) is 30.1 Å². The van der Waals surface area contributed by atoms with E-state index in [2.05, 4.69) is 71.8 Å². The van der Waals surface area contributed by atoms with Gasteiger partial charge in [0.15, 0.2) is 0 Å². The molecule has 1 aliphatic heterocycles. The largest absolute Gasteiger partial charge is 0.382 e. The highest BCUT2D eigenvalue weighted by atomic mass is 127. The molecule has 1 heterocycles. The fourth-order valence-electron chi connectivity index (χ4n) is 4.01. The van der Waals surface area contributed by atoms with Crippen molar-refractivity contribution in [3.05, 3.63) is 27.3 Å². The average molecular weight is 398 g/mol. The summed E-state index contributed by atoms with van der Waals surface area (Å²) >= 11 is 2.44. The van der Waals surface area contributed by atoms with Crippen molar-refractivity contribution in [1.82, 2.24) is 4.90 Å². The molecule has 0 amide bonds. The number of aryl methyl sites for hydroxylation is 1. The van der Waals surface area contributed by atoms with E-state index in [1.54, 1.807) is 0 Å². The number of anilines is 1. The predicted octanol–water partition coefficient (Wildman–Crippen LogP) is 4.52. The van der Waals surface area contributed by atoms with E-state index < -0.39 is 0 Å². The molecule has 2 bridgehead atoms. The summed E-state index contributed by atoms with van der Waals surface area (Å²) in [6, 6.07) is 8.16. The number of benzene rings is 1. The minimum Gasteiger partial charge on any atom is -0.382 e. The van der Waals surface area contributed by atoms with E-state index in [0.717, 1.165) is 11.8 Å². The van der Waals surface area contributed by atoms with Crippen LogP contribution in [0.15, 0.2) is 18.2 Å². The molecule has 1 aliphatic carbocycles. The zero-order valence-corrected chi connectivity index (χ0v) is 15.6. The van der Waals surface area contributed by atoms with Gasteiger partial charge < -0.3 is 10.2 Å². The number of hydrogen-bond acceptors (Lipinski definition) is 2. The third-order valence-corrected chi connectivity index (χ3v) is 6.50. The fourth-order valence-corrected chi connectivity index (χ4v) is 4.52. The van der Waals surface area contributed by atoms with Crippen LogP contribution in [0, 0.1) is 22.3 Å². The Morgan fingerprint density at radius 2 is 1.86 bits per heavy atom. The van der Waals surface area contributed by atoms with Gasteiger partial charge in [0.2, 0.25) is 0 Å². The third kappa shape index (κ3) is 3.39. The zero-order valence-electron chi connectivity index (χ0n) is 13.4. The van der Waals surface area contributed by atoms with Crippen LogP contribution in [0.2, 0.25) is 0 Å².